The molecular weight excluding hydrogens is 94.9 g/mol. The van der Waals surface area contributed by atoms with Gasteiger partial charge < -0.3 is 0 Å². The molecule has 1 unspecified atom stereocenters. The van der Waals surface area contributed by atoms with Crippen molar-refractivity contribution < 1.29 is 0 Å². The van der Waals surface area contributed by atoms with Crippen LogP contribution in [0.3, 0.4) is 0 Å². The van der Waals surface area contributed by atoms with E-state index in [0.29, 0.717) is 0 Å². The molecule has 0 nitrogen and oxygen atoms in total. The highest BCUT2D eigenvalue weighted by molar-refractivity contribution is 6.08. The summed E-state index contributed by atoms with van der Waals surface area (Å²) in [5.41, 5.74) is 0. The fourth-order valence-electron chi connectivity index (χ4n) is 0.910. The van der Waals surface area contributed by atoms with E-state index in [9.17, 15) is 0 Å². The van der Waals surface area contributed by atoms with Gasteiger partial charge in [-0.25, -0.2) is 0 Å². The predicted molar refractivity (Wildman–Crippen MR) is 39.2 cm³/mol. The van der Waals surface area contributed by atoms with Gasteiger partial charge in [-0.1, -0.05) is 33.5 Å². The molecule has 0 aromatic rings. The minimum atomic E-state index is 0.731. The van der Waals surface area contributed by atoms with E-state index in [-0.39, 0.29) is 0 Å². The summed E-state index contributed by atoms with van der Waals surface area (Å²) in [7, 11) is 5.48. The van der Waals surface area contributed by atoms with Crippen LogP contribution in [0, 0.1) is 11.8 Å². The van der Waals surface area contributed by atoms with Crippen LogP contribution in [0.5, 0.6) is 0 Å². The molecule has 0 heterocycles. The average molecular weight is 110 g/mol. The van der Waals surface area contributed by atoms with Crippen LogP contribution >= 0.6 is 0 Å². The Morgan fingerprint density at radius 3 is 1.88 bits per heavy atom. The summed E-state index contributed by atoms with van der Waals surface area (Å²) in [5.74, 6) is 1.49. The van der Waals surface area contributed by atoms with Crippen molar-refractivity contribution in [2.45, 2.75) is 33.5 Å². The molecule has 0 spiro atoms. The second kappa shape index (κ2) is 4.00. The van der Waals surface area contributed by atoms with Crippen molar-refractivity contribution in [1.29, 1.82) is 0 Å². The Hall–Kier alpha value is 0.0649. The van der Waals surface area contributed by atoms with E-state index >= 15 is 0 Å². The van der Waals surface area contributed by atoms with Gasteiger partial charge in [0.25, 0.3) is 0 Å². The Kier molecular flexibility index (Phi) is 4.03. The SMILES string of the molecule is [B]CC(CC)C(C)C. The van der Waals surface area contributed by atoms with Crippen molar-refractivity contribution in [3.05, 3.63) is 0 Å². The molecule has 0 fully saturated rings. The standard InChI is InChI=1S/C7H15B/c1-4-7(5-8)6(2)3/h6-7H,4-5H2,1-3H3. The van der Waals surface area contributed by atoms with Crippen molar-refractivity contribution >= 4 is 7.85 Å². The van der Waals surface area contributed by atoms with Gasteiger partial charge in [-0.15, -0.1) is 0 Å². The first-order valence-corrected chi connectivity index (χ1v) is 3.42. The van der Waals surface area contributed by atoms with Gasteiger partial charge in [0.05, 0.1) is 7.85 Å². The zero-order chi connectivity index (χ0) is 6.57. The molecule has 0 bridgehead atoms. The molecule has 1 heteroatoms. The van der Waals surface area contributed by atoms with Gasteiger partial charge in [0.2, 0.25) is 0 Å². The van der Waals surface area contributed by atoms with Gasteiger partial charge in [-0.05, 0) is 11.8 Å². The summed E-state index contributed by atoms with van der Waals surface area (Å²) in [6, 6.07) is 0. The van der Waals surface area contributed by atoms with Gasteiger partial charge in [0.1, 0.15) is 0 Å². The maximum atomic E-state index is 5.48. The van der Waals surface area contributed by atoms with E-state index in [1.807, 2.05) is 0 Å². The van der Waals surface area contributed by atoms with Crippen LogP contribution in [-0.2, 0) is 0 Å². The van der Waals surface area contributed by atoms with E-state index < -0.39 is 0 Å². The zero-order valence-corrected chi connectivity index (χ0v) is 6.15. The molecule has 0 aliphatic carbocycles. The lowest BCUT2D eigenvalue weighted by Gasteiger charge is -2.15. The lowest BCUT2D eigenvalue weighted by Crippen LogP contribution is -2.05. The largest absolute Gasteiger partial charge is 0.0857 e. The van der Waals surface area contributed by atoms with Crippen molar-refractivity contribution in [2.24, 2.45) is 11.8 Å². The Morgan fingerprint density at radius 1 is 1.38 bits per heavy atom. The number of hydrogen-bond acceptors (Lipinski definition) is 0. The molecule has 0 saturated carbocycles. The predicted octanol–water partition coefficient (Wildman–Crippen LogP) is 2.26. The molecule has 2 radical (unpaired) electrons. The summed E-state index contributed by atoms with van der Waals surface area (Å²) in [6.07, 6.45) is 2.06. The third-order valence-corrected chi connectivity index (χ3v) is 1.77. The summed E-state index contributed by atoms with van der Waals surface area (Å²) >= 11 is 0. The molecule has 8 heavy (non-hydrogen) atoms. The second-order valence-electron chi connectivity index (χ2n) is 2.65. The quantitative estimate of drug-likeness (QED) is 0.488. The smallest absolute Gasteiger partial charge is 0.0656 e. The molecule has 0 rings (SSSR count). The zero-order valence-electron chi connectivity index (χ0n) is 6.15. The highest BCUT2D eigenvalue weighted by atomic mass is 14.1. The van der Waals surface area contributed by atoms with Gasteiger partial charge >= 0.3 is 0 Å². The molecule has 0 amide bonds. The summed E-state index contributed by atoms with van der Waals surface area (Å²) in [4.78, 5) is 0. The minimum Gasteiger partial charge on any atom is -0.0857 e. The fourth-order valence-corrected chi connectivity index (χ4v) is 0.910. The van der Waals surface area contributed by atoms with Crippen LogP contribution in [0.1, 0.15) is 27.2 Å². The summed E-state index contributed by atoms with van der Waals surface area (Å²) < 4.78 is 0. The maximum Gasteiger partial charge on any atom is 0.0656 e. The average Bonchev–Trinajstić information content (AvgIpc) is 1.69. The van der Waals surface area contributed by atoms with Crippen molar-refractivity contribution in [3.8, 4) is 0 Å². The molecule has 0 aliphatic heterocycles. The molecule has 46 valence electrons. The molecular formula is C7H15B. The van der Waals surface area contributed by atoms with Gasteiger partial charge in [0.15, 0.2) is 0 Å². The Bertz CT molecular complexity index is 46.3. The van der Waals surface area contributed by atoms with Crippen molar-refractivity contribution in [2.75, 3.05) is 0 Å². The fraction of sp³-hybridized carbons (Fsp3) is 1.00. The van der Waals surface area contributed by atoms with Gasteiger partial charge in [-0.2, -0.15) is 0 Å². The second-order valence-corrected chi connectivity index (χ2v) is 2.65. The van der Waals surface area contributed by atoms with Crippen LogP contribution < -0.4 is 0 Å². The first kappa shape index (κ1) is 8.06. The molecule has 0 N–H and O–H groups in total. The normalized spacial score (nSPS) is 14.5. The van der Waals surface area contributed by atoms with Crippen LogP contribution in [-0.4, -0.2) is 7.85 Å². The molecule has 0 aromatic heterocycles. The lowest BCUT2D eigenvalue weighted by molar-refractivity contribution is 0.408. The van der Waals surface area contributed by atoms with Gasteiger partial charge in [0, 0.05) is 0 Å². The molecule has 0 aliphatic rings. The van der Waals surface area contributed by atoms with E-state index in [2.05, 4.69) is 20.8 Å². The lowest BCUT2D eigenvalue weighted by atomic mass is 9.82. The van der Waals surface area contributed by atoms with E-state index in [0.717, 1.165) is 18.2 Å². The van der Waals surface area contributed by atoms with Gasteiger partial charge in [-0.3, -0.25) is 0 Å². The van der Waals surface area contributed by atoms with Crippen LogP contribution in [0.15, 0.2) is 0 Å². The van der Waals surface area contributed by atoms with Crippen molar-refractivity contribution in [1.82, 2.24) is 0 Å². The Labute approximate surface area is 54.1 Å². The van der Waals surface area contributed by atoms with E-state index in [1.165, 1.54) is 6.42 Å². The highest BCUT2D eigenvalue weighted by Gasteiger charge is 2.05. The van der Waals surface area contributed by atoms with Crippen LogP contribution in [0.25, 0.3) is 0 Å². The third-order valence-electron chi connectivity index (χ3n) is 1.77. The topological polar surface area (TPSA) is 0 Å². The first-order chi connectivity index (χ1) is 3.72. The monoisotopic (exact) mass is 110 g/mol. The molecule has 0 saturated heterocycles. The third kappa shape index (κ3) is 2.39. The van der Waals surface area contributed by atoms with Crippen LogP contribution in [0.4, 0.5) is 0 Å². The maximum absolute atomic E-state index is 5.48. The minimum absolute atomic E-state index is 0.731. The molecule has 1 atom stereocenters. The summed E-state index contributed by atoms with van der Waals surface area (Å²) in [5, 5.41) is 0. The number of hydrogen-bond donors (Lipinski definition) is 0. The van der Waals surface area contributed by atoms with Crippen LogP contribution in [0.2, 0.25) is 6.32 Å². The van der Waals surface area contributed by atoms with E-state index in [4.69, 9.17) is 7.85 Å². The molecule has 0 aromatic carbocycles. The summed E-state index contributed by atoms with van der Waals surface area (Å²) in [6.45, 7) is 6.64. The number of rotatable bonds is 3. The van der Waals surface area contributed by atoms with Crippen molar-refractivity contribution in [3.63, 3.8) is 0 Å². The Morgan fingerprint density at radius 2 is 1.88 bits per heavy atom. The highest BCUT2D eigenvalue weighted by Crippen LogP contribution is 2.16. The van der Waals surface area contributed by atoms with E-state index in [1.54, 1.807) is 0 Å². The first-order valence-electron chi connectivity index (χ1n) is 3.42. The Balaban J connectivity index is 3.35.